The molecule has 0 aliphatic carbocycles. The summed E-state index contributed by atoms with van der Waals surface area (Å²) in [5, 5.41) is 0. The first-order valence-electron chi connectivity index (χ1n) is 12.5. The Bertz CT molecular complexity index is 421. The third-order valence-electron chi connectivity index (χ3n) is 5.54. The minimum absolute atomic E-state index is 0. The fourth-order valence-corrected chi connectivity index (χ4v) is 3.59. The Morgan fingerprint density at radius 3 is 1.20 bits per heavy atom. The Balaban J connectivity index is 0. The van der Waals surface area contributed by atoms with Gasteiger partial charge in [0.1, 0.15) is 0 Å². The molecule has 30 heavy (non-hydrogen) atoms. The maximum absolute atomic E-state index is 11.5. The number of hydrogen-bond donors (Lipinski definition) is 0. The van der Waals surface area contributed by atoms with Gasteiger partial charge in [0.15, 0.2) is 0 Å². The van der Waals surface area contributed by atoms with E-state index in [0.29, 0.717) is 6.42 Å². The Kier molecular flexibility index (Phi) is 26.9. The molecule has 0 aromatic rings. The number of carbonyl (C=O) groups excluding carboxylic acids is 2. The molecule has 0 aromatic carbocycles. The molecule has 172 valence electrons. The molecule has 0 spiro atoms. The number of hydrogen-bond acceptors (Lipinski definition) is 3. The number of esters is 2. The normalized spacial score (nSPS) is 10.5. The average molecular weight is 433 g/mol. The van der Waals surface area contributed by atoms with Crippen LogP contribution in [0.4, 0.5) is 0 Å². The van der Waals surface area contributed by atoms with Crippen LogP contribution in [0, 0.1) is 0 Å². The van der Waals surface area contributed by atoms with Crippen LogP contribution < -0.4 is 0 Å². The van der Waals surface area contributed by atoms with Crippen LogP contribution >= 0.6 is 0 Å². The van der Waals surface area contributed by atoms with Crippen molar-refractivity contribution in [2.45, 2.75) is 142 Å². The molecule has 0 radical (unpaired) electrons. The molecule has 0 amide bonds. The van der Waals surface area contributed by atoms with Crippen LogP contribution in [0.15, 0.2) is 12.2 Å². The topological polar surface area (TPSA) is 43.4 Å². The van der Waals surface area contributed by atoms with Gasteiger partial charge >= 0.3 is 41.5 Å². The van der Waals surface area contributed by atoms with Crippen molar-refractivity contribution in [3.8, 4) is 0 Å². The van der Waals surface area contributed by atoms with Crippen LogP contribution in [-0.2, 0) is 14.3 Å². The molecule has 0 N–H and O–H groups in total. The van der Waals surface area contributed by atoms with Crippen molar-refractivity contribution in [2.24, 2.45) is 0 Å². The summed E-state index contributed by atoms with van der Waals surface area (Å²) in [5.41, 5.74) is 0.270. The molecule has 3 nitrogen and oxygen atoms in total. The summed E-state index contributed by atoms with van der Waals surface area (Å²) in [6.07, 6.45) is 25.6. The maximum atomic E-state index is 11.5. The number of carbonyl (C=O) groups is 2. The van der Waals surface area contributed by atoms with E-state index in [9.17, 15) is 9.59 Å². The van der Waals surface area contributed by atoms with E-state index < -0.39 is 11.9 Å². The predicted molar refractivity (Wildman–Crippen MR) is 131 cm³/mol. The van der Waals surface area contributed by atoms with Crippen molar-refractivity contribution >= 4 is 41.5 Å². The fourth-order valence-electron chi connectivity index (χ4n) is 3.59. The van der Waals surface area contributed by atoms with Crippen molar-refractivity contribution in [1.82, 2.24) is 0 Å². The zero-order valence-electron chi connectivity index (χ0n) is 19.6. The molecule has 0 aromatic heterocycles. The summed E-state index contributed by atoms with van der Waals surface area (Å²) in [5.74, 6) is -1.03. The van der Waals surface area contributed by atoms with Gasteiger partial charge in [-0.2, -0.15) is 0 Å². The van der Waals surface area contributed by atoms with Crippen molar-refractivity contribution < 1.29 is 14.3 Å². The molecule has 0 saturated heterocycles. The van der Waals surface area contributed by atoms with E-state index in [1.165, 1.54) is 109 Å². The van der Waals surface area contributed by atoms with Crippen LogP contribution in [0.5, 0.6) is 0 Å². The number of unbranched alkanes of at least 4 members (excludes halogenated alkanes) is 18. The molecule has 0 aliphatic heterocycles. The number of rotatable bonds is 21. The molecule has 0 rings (SSSR count). The Morgan fingerprint density at radius 1 is 0.600 bits per heavy atom. The Morgan fingerprint density at radius 2 is 0.900 bits per heavy atom. The van der Waals surface area contributed by atoms with Gasteiger partial charge in [-0.3, -0.25) is 4.79 Å². The second kappa shape index (κ2) is 25.1. The Hall–Kier alpha value is -0.120. The van der Waals surface area contributed by atoms with Crippen LogP contribution in [0.1, 0.15) is 142 Å². The molecule has 0 unspecified atom stereocenters. The van der Waals surface area contributed by atoms with Crippen LogP contribution in [0.3, 0.4) is 0 Å². The van der Waals surface area contributed by atoms with Gasteiger partial charge in [-0.05, 0) is 13.3 Å². The molecule has 0 aliphatic rings. The van der Waals surface area contributed by atoms with Gasteiger partial charge in [0.25, 0.3) is 0 Å². The fraction of sp³-hybridized carbons (Fsp3) is 0.846. The SMILES string of the molecule is C=C(C)C(=O)OC(=O)CCCCCCCCCCCCCCCCCCCCC.[NaH]. The summed E-state index contributed by atoms with van der Waals surface area (Å²) in [6.45, 7) is 7.30. The molecule has 0 atom stereocenters. The van der Waals surface area contributed by atoms with Gasteiger partial charge in [0.2, 0.25) is 0 Å². The predicted octanol–water partition coefficient (Wildman–Crippen LogP) is 7.81. The summed E-state index contributed by atoms with van der Waals surface area (Å²) >= 11 is 0. The third kappa shape index (κ3) is 24.2. The van der Waals surface area contributed by atoms with E-state index in [1.54, 1.807) is 6.92 Å². The quantitative estimate of drug-likeness (QED) is 0.0611. The molecular formula is C26H49NaO3. The molecule has 0 fully saturated rings. The van der Waals surface area contributed by atoms with E-state index in [4.69, 9.17) is 0 Å². The van der Waals surface area contributed by atoms with Crippen LogP contribution in [0.25, 0.3) is 0 Å². The van der Waals surface area contributed by atoms with Crippen molar-refractivity contribution in [2.75, 3.05) is 0 Å². The molecule has 0 bridgehead atoms. The zero-order chi connectivity index (χ0) is 21.6. The van der Waals surface area contributed by atoms with Crippen molar-refractivity contribution in [3.63, 3.8) is 0 Å². The standard InChI is InChI=1S/C26H48O3.Na.H/c1-4-5-6-7-8-9-10-11-12-13-14-15-16-17-18-19-20-21-22-23-25(27)29-26(28)24(2)3;;/h2,4-23H2,1,3H3;;. The van der Waals surface area contributed by atoms with Gasteiger partial charge in [-0.25, -0.2) is 4.79 Å². The summed E-state index contributed by atoms with van der Waals surface area (Å²) in [6, 6.07) is 0. The zero-order valence-corrected chi connectivity index (χ0v) is 19.6. The molecule has 4 heteroatoms. The first kappa shape index (κ1) is 32.1. The van der Waals surface area contributed by atoms with E-state index in [2.05, 4.69) is 18.2 Å². The molecular weight excluding hydrogens is 383 g/mol. The Labute approximate surface area is 209 Å². The second-order valence-electron chi connectivity index (χ2n) is 8.66. The van der Waals surface area contributed by atoms with Gasteiger partial charge in [-0.15, -0.1) is 0 Å². The van der Waals surface area contributed by atoms with Gasteiger partial charge in [0.05, 0.1) is 0 Å². The first-order valence-corrected chi connectivity index (χ1v) is 12.5. The number of ether oxygens (including phenoxy) is 1. The molecule has 0 saturated carbocycles. The summed E-state index contributed by atoms with van der Waals surface area (Å²) in [7, 11) is 0. The summed E-state index contributed by atoms with van der Waals surface area (Å²) < 4.78 is 4.67. The van der Waals surface area contributed by atoms with Gasteiger partial charge < -0.3 is 4.74 Å². The third-order valence-corrected chi connectivity index (χ3v) is 5.54. The molecule has 0 heterocycles. The monoisotopic (exact) mass is 432 g/mol. The van der Waals surface area contributed by atoms with Gasteiger partial charge in [-0.1, -0.05) is 129 Å². The van der Waals surface area contributed by atoms with Crippen molar-refractivity contribution in [3.05, 3.63) is 12.2 Å². The van der Waals surface area contributed by atoms with Crippen molar-refractivity contribution in [1.29, 1.82) is 0 Å². The van der Waals surface area contributed by atoms with E-state index >= 15 is 0 Å². The minimum atomic E-state index is -0.604. The van der Waals surface area contributed by atoms with E-state index in [0.717, 1.165) is 12.8 Å². The second-order valence-corrected chi connectivity index (χ2v) is 8.66. The average Bonchev–Trinajstić information content (AvgIpc) is 2.69. The summed E-state index contributed by atoms with van der Waals surface area (Å²) in [4.78, 5) is 22.7. The van der Waals surface area contributed by atoms with Crippen LogP contribution in [-0.4, -0.2) is 41.5 Å². The van der Waals surface area contributed by atoms with Crippen LogP contribution in [0.2, 0.25) is 0 Å². The first-order chi connectivity index (χ1) is 14.1. The van der Waals surface area contributed by atoms with Gasteiger partial charge in [0, 0.05) is 12.0 Å². The van der Waals surface area contributed by atoms with E-state index in [1.807, 2.05) is 0 Å². The van der Waals surface area contributed by atoms with E-state index in [-0.39, 0.29) is 35.1 Å².